The van der Waals surface area contributed by atoms with Crippen LogP contribution in [0.5, 0.6) is 5.75 Å². The summed E-state index contributed by atoms with van der Waals surface area (Å²) < 4.78 is 0. The zero-order valence-electron chi connectivity index (χ0n) is 5.41. The molecule has 0 atom stereocenters. The van der Waals surface area contributed by atoms with Gasteiger partial charge in [-0.25, -0.2) is 0 Å². The molecule has 0 radical (unpaired) electrons. The van der Waals surface area contributed by atoms with Crippen molar-refractivity contribution in [2.45, 2.75) is 6.61 Å². The Hall–Kier alpha value is -1.22. The second kappa shape index (κ2) is 2.58. The number of anilines is 1. The van der Waals surface area contributed by atoms with Crippen molar-refractivity contribution in [3.05, 3.63) is 23.8 Å². The number of benzene rings is 1. The molecule has 0 fully saturated rings. The van der Waals surface area contributed by atoms with E-state index in [0.29, 0.717) is 11.3 Å². The topological polar surface area (TPSA) is 66.5 Å². The normalized spacial score (nSPS) is 9.70. The molecule has 0 saturated carbocycles. The number of aliphatic hydroxyl groups is 1. The zero-order chi connectivity index (χ0) is 7.56. The second-order valence-corrected chi connectivity index (χ2v) is 2.04. The van der Waals surface area contributed by atoms with Crippen molar-refractivity contribution in [1.29, 1.82) is 0 Å². The Kier molecular flexibility index (Phi) is 1.78. The van der Waals surface area contributed by atoms with Crippen LogP contribution >= 0.6 is 0 Å². The number of hydrogen-bond donors (Lipinski definition) is 3. The fraction of sp³-hybridized carbons (Fsp3) is 0.143. The molecule has 10 heavy (non-hydrogen) atoms. The summed E-state index contributed by atoms with van der Waals surface area (Å²) in [5, 5.41) is 17.5. The molecule has 0 amide bonds. The summed E-state index contributed by atoms with van der Waals surface area (Å²) in [5.74, 6) is 0.120. The third-order valence-corrected chi connectivity index (χ3v) is 1.30. The lowest BCUT2D eigenvalue weighted by Gasteiger charge is -2.00. The summed E-state index contributed by atoms with van der Waals surface area (Å²) >= 11 is 0. The molecule has 54 valence electrons. The van der Waals surface area contributed by atoms with E-state index in [2.05, 4.69) is 0 Å². The van der Waals surface area contributed by atoms with Crippen LogP contribution in [0.2, 0.25) is 0 Å². The number of nitrogen functional groups attached to an aromatic ring is 1. The van der Waals surface area contributed by atoms with Gasteiger partial charge >= 0.3 is 0 Å². The number of phenols is 1. The van der Waals surface area contributed by atoms with E-state index in [4.69, 9.17) is 15.9 Å². The van der Waals surface area contributed by atoms with Gasteiger partial charge in [-0.2, -0.15) is 0 Å². The Labute approximate surface area is 58.7 Å². The maximum atomic E-state index is 8.87. The average molecular weight is 139 g/mol. The molecule has 1 rings (SSSR count). The highest BCUT2D eigenvalue weighted by atomic mass is 16.3. The fourth-order valence-electron chi connectivity index (χ4n) is 0.726. The highest BCUT2D eigenvalue weighted by molar-refractivity contribution is 5.50. The predicted molar refractivity (Wildman–Crippen MR) is 38.4 cm³/mol. The first-order chi connectivity index (χ1) is 4.74. The molecule has 0 aliphatic rings. The molecule has 0 aliphatic heterocycles. The summed E-state index contributed by atoms with van der Waals surface area (Å²) in [6, 6.07) is 4.48. The molecule has 0 spiro atoms. The van der Waals surface area contributed by atoms with Gasteiger partial charge in [-0.1, -0.05) is 6.07 Å². The first-order valence-corrected chi connectivity index (χ1v) is 2.92. The molecule has 0 bridgehead atoms. The van der Waals surface area contributed by atoms with Crippen LogP contribution in [0.3, 0.4) is 0 Å². The van der Waals surface area contributed by atoms with Gasteiger partial charge in [-0.3, -0.25) is 0 Å². The third-order valence-electron chi connectivity index (χ3n) is 1.30. The highest BCUT2D eigenvalue weighted by Crippen LogP contribution is 2.17. The Morgan fingerprint density at radius 2 is 2.10 bits per heavy atom. The lowest BCUT2D eigenvalue weighted by Crippen LogP contribution is -1.92. The summed E-state index contributed by atoms with van der Waals surface area (Å²) in [6.07, 6.45) is 0. The van der Waals surface area contributed by atoms with Crippen LogP contribution in [0.4, 0.5) is 5.69 Å². The largest absolute Gasteiger partial charge is 0.508 e. The number of phenolic OH excluding ortho intramolecular Hbond substituents is 1. The van der Waals surface area contributed by atoms with Crippen molar-refractivity contribution in [2.24, 2.45) is 0 Å². The maximum Gasteiger partial charge on any atom is 0.117 e. The summed E-state index contributed by atoms with van der Waals surface area (Å²) in [4.78, 5) is 0. The van der Waals surface area contributed by atoms with Crippen LogP contribution in [-0.2, 0) is 6.61 Å². The standard InChI is InChI=1S/C7H9NO2/c8-7-3-6(10)2-1-5(7)4-9/h1-3,9-10H,4,8H2. The molecule has 0 aliphatic carbocycles. The molecular weight excluding hydrogens is 130 g/mol. The number of aliphatic hydroxyl groups excluding tert-OH is 1. The summed E-state index contributed by atoms with van der Waals surface area (Å²) in [5.41, 5.74) is 6.47. The minimum Gasteiger partial charge on any atom is -0.508 e. The molecule has 3 nitrogen and oxygen atoms in total. The quantitative estimate of drug-likeness (QED) is 0.495. The van der Waals surface area contributed by atoms with E-state index >= 15 is 0 Å². The van der Waals surface area contributed by atoms with Gasteiger partial charge in [-0.15, -0.1) is 0 Å². The minimum atomic E-state index is -0.0912. The molecule has 0 saturated heterocycles. The predicted octanol–water partition coefficient (Wildman–Crippen LogP) is 0.467. The fourth-order valence-corrected chi connectivity index (χ4v) is 0.726. The van der Waals surface area contributed by atoms with Gasteiger partial charge in [0.05, 0.1) is 6.61 Å². The van der Waals surface area contributed by atoms with Crippen LogP contribution in [-0.4, -0.2) is 10.2 Å². The van der Waals surface area contributed by atoms with Crippen molar-refractivity contribution in [1.82, 2.24) is 0 Å². The molecule has 0 heterocycles. The number of nitrogens with two attached hydrogens (primary N) is 1. The monoisotopic (exact) mass is 139 g/mol. The number of hydrogen-bond acceptors (Lipinski definition) is 3. The highest BCUT2D eigenvalue weighted by Gasteiger charge is 1.96. The zero-order valence-corrected chi connectivity index (χ0v) is 5.41. The lowest BCUT2D eigenvalue weighted by molar-refractivity contribution is 0.282. The van der Waals surface area contributed by atoms with Crippen molar-refractivity contribution in [3.8, 4) is 5.75 Å². The minimum absolute atomic E-state index is 0.0912. The van der Waals surface area contributed by atoms with E-state index in [0.717, 1.165) is 0 Å². The van der Waals surface area contributed by atoms with Crippen LogP contribution in [0.1, 0.15) is 5.56 Å². The van der Waals surface area contributed by atoms with Gasteiger partial charge in [0.15, 0.2) is 0 Å². The van der Waals surface area contributed by atoms with Gasteiger partial charge in [0.1, 0.15) is 5.75 Å². The maximum absolute atomic E-state index is 8.87. The summed E-state index contributed by atoms with van der Waals surface area (Å²) in [7, 11) is 0. The van der Waals surface area contributed by atoms with Gasteiger partial charge in [0.25, 0.3) is 0 Å². The first-order valence-electron chi connectivity index (χ1n) is 2.92. The van der Waals surface area contributed by atoms with Gasteiger partial charge < -0.3 is 15.9 Å². The summed E-state index contributed by atoms with van der Waals surface area (Å²) in [6.45, 7) is -0.0912. The molecule has 3 heteroatoms. The second-order valence-electron chi connectivity index (χ2n) is 2.04. The molecule has 0 aromatic heterocycles. The molecule has 4 N–H and O–H groups in total. The average Bonchev–Trinajstić information content (AvgIpc) is 1.88. The third kappa shape index (κ3) is 1.19. The first kappa shape index (κ1) is 6.89. The Balaban J connectivity index is 3.07. The SMILES string of the molecule is Nc1cc(O)ccc1CO. The van der Waals surface area contributed by atoms with E-state index in [1.165, 1.54) is 12.1 Å². The smallest absolute Gasteiger partial charge is 0.117 e. The van der Waals surface area contributed by atoms with Crippen LogP contribution < -0.4 is 5.73 Å². The van der Waals surface area contributed by atoms with E-state index < -0.39 is 0 Å². The number of aromatic hydroxyl groups is 1. The van der Waals surface area contributed by atoms with Gasteiger partial charge in [-0.05, 0) is 6.07 Å². The van der Waals surface area contributed by atoms with Crippen LogP contribution in [0, 0.1) is 0 Å². The van der Waals surface area contributed by atoms with Gasteiger partial charge in [0.2, 0.25) is 0 Å². The Morgan fingerprint density at radius 3 is 2.60 bits per heavy atom. The Morgan fingerprint density at radius 1 is 1.40 bits per heavy atom. The van der Waals surface area contributed by atoms with Gasteiger partial charge in [0, 0.05) is 17.3 Å². The molecule has 0 unspecified atom stereocenters. The van der Waals surface area contributed by atoms with Crippen molar-refractivity contribution >= 4 is 5.69 Å². The van der Waals surface area contributed by atoms with Crippen LogP contribution in [0.25, 0.3) is 0 Å². The van der Waals surface area contributed by atoms with E-state index in [1.807, 2.05) is 0 Å². The Bertz CT molecular complexity index is 235. The van der Waals surface area contributed by atoms with E-state index in [9.17, 15) is 0 Å². The van der Waals surface area contributed by atoms with Crippen molar-refractivity contribution < 1.29 is 10.2 Å². The number of rotatable bonds is 1. The molecule has 1 aromatic carbocycles. The van der Waals surface area contributed by atoms with Crippen LogP contribution in [0.15, 0.2) is 18.2 Å². The van der Waals surface area contributed by atoms with Crippen molar-refractivity contribution in [2.75, 3.05) is 5.73 Å². The molecule has 1 aromatic rings. The van der Waals surface area contributed by atoms with Crippen molar-refractivity contribution in [3.63, 3.8) is 0 Å². The van der Waals surface area contributed by atoms with E-state index in [-0.39, 0.29) is 12.4 Å². The van der Waals surface area contributed by atoms with E-state index in [1.54, 1.807) is 6.07 Å². The lowest BCUT2D eigenvalue weighted by atomic mass is 10.2. The molecular formula is C7H9NO2.